The third-order valence-electron chi connectivity index (χ3n) is 5.00. The maximum atomic E-state index is 12.3. The number of carbonyl (C=O) groups excluding carboxylic acids is 1. The average Bonchev–Trinajstić information content (AvgIpc) is 3.03. The zero-order valence-electron chi connectivity index (χ0n) is 17.5. The minimum absolute atomic E-state index is 0.167. The summed E-state index contributed by atoms with van der Waals surface area (Å²) in [6.07, 6.45) is 0. The van der Waals surface area contributed by atoms with Gasteiger partial charge in [0.05, 0.1) is 12.2 Å². The molecule has 0 radical (unpaired) electrons. The number of amides is 2. The van der Waals surface area contributed by atoms with Gasteiger partial charge < -0.3 is 15.5 Å². The third kappa shape index (κ3) is 5.60. The summed E-state index contributed by atoms with van der Waals surface area (Å²) in [5.74, 6) is 0. The van der Waals surface area contributed by atoms with Crippen molar-refractivity contribution in [2.75, 3.05) is 23.8 Å². The first kappa shape index (κ1) is 20.5. The second-order valence-electron chi connectivity index (χ2n) is 7.42. The third-order valence-corrected chi connectivity index (χ3v) is 5.00. The number of nitrogens with one attached hydrogen (secondary N) is 2. The van der Waals surface area contributed by atoms with Crippen LogP contribution in [-0.2, 0) is 6.54 Å². The second-order valence-corrected chi connectivity index (χ2v) is 7.42. The van der Waals surface area contributed by atoms with Gasteiger partial charge in [-0.05, 0) is 56.7 Å². The number of hydrogen-bond donors (Lipinski definition) is 2. The van der Waals surface area contributed by atoms with Crippen LogP contribution < -0.4 is 15.5 Å². The van der Waals surface area contributed by atoms with Crippen LogP contribution in [0.5, 0.6) is 0 Å². The molecular formula is C23H29N5O. The Morgan fingerprint density at radius 1 is 1.10 bits per heavy atom. The monoisotopic (exact) mass is 391 g/mol. The first-order valence-electron chi connectivity index (χ1n) is 9.85. The van der Waals surface area contributed by atoms with E-state index in [1.54, 1.807) is 0 Å². The van der Waals surface area contributed by atoms with Crippen molar-refractivity contribution in [1.29, 1.82) is 0 Å². The molecule has 6 nitrogen and oxygen atoms in total. The molecule has 2 aromatic carbocycles. The number of nitrogens with zero attached hydrogens (tertiary/aromatic N) is 3. The maximum absolute atomic E-state index is 12.3. The van der Waals surface area contributed by atoms with E-state index in [-0.39, 0.29) is 12.1 Å². The Bertz CT molecular complexity index is 951. The maximum Gasteiger partial charge on any atom is 0.319 e. The van der Waals surface area contributed by atoms with Gasteiger partial charge in [-0.15, -0.1) is 0 Å². The lowest BCUT2D eigenvalue weighted by Crippen LogP contribution is -2.41. The highest BCUT2D eigenvalue weighted by Gasteiger charge is 2.11. The van der Waals surface area contributed by atoms with Crippen LogP contribution in [0.4, 0.5) is 16.2 Å². The zero-order valence-corrected chi connectivity index (χ0v) is 17.5. The predicted octanol–water partition coefficient (Wildman–Crippen LogP) is 4.19. The molecule has 1 unspecified atom stereocenters. The zero-order chi connectivity index (χ0) is 20.8. The van der Waals surface area contributed by atoms with E-state index in [1.165, 1.54) is 0 Å². The summed E-state index contributed by atoms with van der Waals surface area (Å²) in [6.45, 7) is 7.34. The highest BCUT2D eigenvalue weighted by Crippen LogP contribution is 2.15. The molecule has 0 aliphatic heterocycles. The van der Waals surface area contributed by atoms with Gasteiger partial charge >= 0.3 is 6.03 Å². The van der Waals surface area contributed by atoms with E-state index in [4.69, 9.17) is 0 Å². The van der Waals surface area contributed by atoms with Crippen molar-refractivity contribution in [1.82, 2.24) is 15.1 Å². The summed E-state index contributed by atoms with van der Waals surface area (Å²) in [5, 5.41) is 10.4. The van der Waals surface area contributed by atoms with Crippen LogP contribution in [-0.4, -0.2) is 35.4 Å². The van der Waals surface area contributed by atoms with E-state index in [0.717, 1.165) is 28.3 Å². The van der Waals surface area contributed by atoms with Gasteiger partial charge in [-0.1, -0.05) is 30.3 Å². The van der Waals surface area contributed by atoms with Gasteiger partial charge in [-0.2, -0.15) is 5.10 Å². The summed E-state index contributed by atoms with van der Waals surface area (Å²) in [7, 11) is 2.03. The molecule has 152 valence electrons. The number of urea groups is 1. The molecule has 0 aliphatic rings. The van der Waals surface area contributed by atoms with E-state index in [9.17, 15) is 4.79 Å². The number of aryl methyl sites for hydroxylation is 2. The predicted molar refractivity (Wildman–Crippen MR) is 119 cm³/mol. The first-order valence-corrected chi connectivity index (χ1v) is 9.85. The minimum atomic E-state index is -0.207. The molecule has 1 heterocycles. The van der Waals surface area contributed by atoms with Crippen molar-refractivity contribution in [2.24, 2.45) is 0 Å². The minimum Gasteiger partial charge on any atom is -0.370 e. The van der Waals surface area contributed by atoms with Crippen LogP contribution >= 0.6 is 0 Å². The van der Waals surface area contributed by atoms with Gasteiger partial charge in [-0.25, -0.2) is 4.79 Å². The topological polar surface area (TPSA) is 62.2 Å². The number of aromatic nitrogens is 2. The molecule has 0 saturated carbocycles. The molecule has 29 heavy (non-hydrogen) atoms. The van der Waals surface area contributed by atoms with Crippen LogP contribution in [0.15, 0.2) is 60.7 Å². The average molecular weight is 392 g/mol. The fourth-order valence-corrected chi connectivity index (χ4v) is 3.23. The van der Waals surface area contributed by atoms with E-state index in [0.29, 0.717) is 13.1 Å². The molecule has 1 aromatic heterocycles. The fourth-order valence-electron chi connectivity index (χ4n) is 3.23. The molecule has 3 aromatic rings. The van der Waals surface area contributed by atoms with Crippen molar-refractivity contribution in [3.8, 4) is 0 Å². The van der Waals surface area contributed by atoms with Crippen LogP contribution in [0.1, 0.15) is 23.9 Å². The Labute approximate surface area is 172 Å². The quantitative estimate of drug-likeness (QED) is 0.635. The van der Waals surface area contributed by atoms with Gasteiger partial charge in [0.2, 0.25) is 0 Å². The molecule has 0 bridgehead atoms. The molecule has 0 aliphatic carbocycles. The Balaban J connectivity index is 1.53. The first-order chi connectivity index (χ1) is 13.9. The highest BCUT2D eigenvalue weighted by atomic mass is 16.2. The smallest absolute Gasteiger partial charge is 0.319 e. The van der Waals surface area contributed by atoms with Crippen LogP contribution in [0.3, 0.4) is 0 Å². The SMILES string of the molecule is Cc1cc(C)n(Cc2cccc(NC(=O)NCC(C)N(C)c3ccccc3)c2)n1. The number of likely N-dealkylation sites (N-methyl/N-ethyl adjacent to an activating group) is 1. The van der Waals surface area contributed by atoms with Crippen molar-refractivity contribution >= 4 is 17.4 Å². The molecular weight excluding hydrogens is 362 g/mol. The summed E-state index contributed by atoms with van der Waals surface area (Å²) < 4.78 is 1.97. The summed E-state index contributed by atoms with van der Waals surface area (Å²) in [6, 6.07) is 20.0. The standard InChI is InChI=1S/C23H29N5O/c1-17-13-18(2)28(26-17)16-20-9-8-10-21(14-20)25-23(29)24-15-19(3)27(4)22-11-6-5-7-12-22/h5-14,19H,15-16H2,1-4H3,(H2,24,25,29). The van der Waals surface area contributed by atoms with Gasteiger partial charge in [0.15, 0.2) is 0 Å². The Morgan fingerprint density at radius 3 is 2.55 bits per heavy atom. The van der Waals surface area contributed by atoms with Crippen LogP contribution in [0, 0.1) is 13.8 Å². The molecule has 2 N–H and O–H groups in total. The molecule has 0 saturated heterocycles. The lowest BCUT2D eigenvalue weighted by molar-refractivity contribution is 0.251. The van der Waals surface area contributed by atoms with Gasteiger partial charge in [0.25, 0.3) is 0 Å². The van der Waals surface area contributed by atoms with E-state index < -0.39 is 0 Å². The van der Waals surface area contributed by atoms with E-state index in [1.807, 2.05) is 68.0 Å². The number of benzene rings is 2. The van der Waals surface area contributed by atoms with Crippen molar-refractivity contribution in [2.45, 2.75) is 33.4 Å². The molecule has 0 fully saturated rings. The van der Waals surface area contributed by atoms with Crippen molar-refractivity contribution < 1.29 is 4.79 Å². The Kier molecular flexibility index (Phi) is 6.54. The molecule has 1 atom stereocenters. The number of para-hydroxylation sites is 1. The van der Waals surface area contributed by atoms with E-state index >= 15 is 0 Å². The summed E-state index contributed by atoms with van der Waals surface area (Å²) in [4.78, 5) is 14.5. The molecule has 0 spiro atoms. The fraction of sp³-hybridized carbons (Fsp3) is 0.304. The number of anilines is 2. The lowest BCUT2D eigenvalue weighted by Gasteiger charge is -2.27. The van der Waals surface area contributed by atoms with Crippen molar-refractivity contribution in [3.63, 3.8) is 0 Å². The number of carbonyl (C=O) groups is 1. The van der Waals surface area contributed by atoms with Gasteiger partial charge in [0, 0.05) is 36.7 Å². The molecule has 6 heteroatoms. The van der Waals surface area contributed by atoms with Gasteiger partial charge in [0.1, 0.15) is 0 Å². The van der Waals surface area contributed by atoms with Crippen LogP contribution in [0.25, 0.3) is 0 Å². The summed E-state index contributed by atoms with van der Waals surface area (Å²) >= 11 is 0. The number of rotatable bonds is 7. The second kappa shape index (κ2) is 9.28. The Morgan fingerprint density at radius 2 is 1.86 bits per heavy atom. The van der Waals surface area contributed by atoms with Crippen molar-refractivity contribution in [3.05, 3.63) is 77.6 Å². The number of hydrogen-bond acceptors (Lipinski definition) is 3. The highest BCUT2D eigenvalue weighted by molar-refractivity contribution is 5.89. The van der Waals surface area contributed by atoms with Crippen LogP contribution in [0.2, 0.25) is 0 Å². The normalized spacial score (nSPS) is 11.7. The summed E-state index contributed by atoms with van der Waals surface area (Å²) in [5.41, 5.74) is 5.11. The Hall–Kier alpha value is -3.28. The lowest BCUT2D eigenvalue weighted by atomic mass is 10.2. The van der Waals surface area contributed by atoms with Gasteiger partial charge in [-0.3, -0.25) is 4.68 Å². The van der Waals surface area contributed by atoms with E-state index in [2.05, 4.69) is 45.8 Å². The molecule has 3 rings (SSSR count). The molecule has 2 amide bonds. The largest absolute Gasteiger partial charge is 0.370 e.